The molecule has 0 aromatic carbocycles. The summed E-state index contributed by atoms with van der Waals surface area (Å²) in [7, 11) is 0. The molecule has 0 saturated heterocycles. The smallest absolute Gasteiger partial charge is 0.339 e. The van der Waals surface area contributed by atoms with E-state index in [0.29, 0.717) is 11.9 Å². The minimum atomic E-state index is -0.957. The van der Waals surface area contributed by atoms with Gasteiger partial charge < -0.3 is 15.2 Å². The van der Waals surface area contributed by atoms with Crippen LogP contribution in [0.3, 0.4) is 0 Å². The number of rotatable bonds is 5. The Morgan fingerprint density at radius 3 is 3.06 bits per heavy atom. The van der Waals surface area contributed by atoms with Gasteiger partial charge in [0.25, 0.3) is 0 Å². The van der Waals surface area contributed by atoms with Gasteiger partial charge in [0.1, 0.15) is 11.4 Å². The second-order valence-corrected chi connectivity index (χ2v) is 4.09. The number of nitrogens with one attached hydrogen (secondary N) is 1. The SMILES string of the molecule is CCOC1CC(Nc2ncccc2C(=O)O)C1. The predicted octanol–water partition coefficient (Wildman–Crippen LogP) is 1.76. The number of pyridine rings is 1. The average molecular weight is 236 g/mol. The van der Waals surface area contributed by atoms with E-state index in [1.807, 2.05) is 6.92 Å². The van der Waals surface area contributed by atoms with Gasteiger partial charge in [0.15, 0.2) is 0 Å². The molecule has 1 aromatic heterocycles. The maximum absolute atomic E-state index is 11.0. The van der Waals surface area contributed by atoms with E-state index in [1.54, 1.807) is 18.3 Å². The van der Waals surface area contributed by atoms with Crippen molar-refractivity contribution in [3.63, 3.8) is 0 Å². The van der Waals surface area contributed by atoms with Crippen molar-refractivity contribution < 1.29 is 14.6 Å². The average Bonchev–Trinajstić information content (AvgIpc) is 2.26. The number of hydrogen-bond donors (Lipinski definition) is 2. The Balaban J connectivity index is 1.94. The van der Waals surface area contributed by atoms with Crippen LogP contribution in [0.1, 0.15) is 30.1 Å². The molecule has 1 saturated carbocycles. The predicted molar refractivity (Wildman–Crippen MR) is 63.3 cm³/mol. The largest absolute Gasteiger partial charge is 0.478 e. The fourth-order valence-corrected chi connectivity index (χ4v) is 1.94. The van der Waals surface area contributed by atoms with Gasteiger partial charge in [-0.15, -0.1) is 0 Å². The number of carbonyl (C=O) groups is 1. The highest BCUT2D eigenvalue weighted by atomic mass is 16.5. The van der Waals surface area contributed by atoms with Crippen molar-refractivity contribution in [2.75, 3.05) is 11.9 Å². The lowest BCUT2D eigenvalue weighted by molar-refractivity contribution is 0.00291. The van der Waals surface area contributed by atoms with E-state index in [4.69, 9.17) is 9.84 Å². The van der Waals surface area contributed by atoms with E-state index in [0.717, 1.165) is 19.4 Å². The first-order valence-electron chi connectivity index (χ1n) is 5.77. The molecule has 1 aromatic rings. The van der Waals surface area contributed by atoms with Gasteiger partial charge in [-0.25, -0.2) is 9.78 Å². The molecule has 0 amide bonds. The van der Waals surface area contributed by atoms with Gasteiger partial charge in [0.2, 0.25) is 0 Å². The number of carboxylic acids is 1. The molecule has 92 valence electrons. The lowest BCUT2D eigenvalue weighted by atomic mass is 9.89. The van der Waals surface area contributed by atoms with Gasteiger partial charge >= 0.3 is 5.97 Å². The first kappa shape index (κ1) is 11.9. The summed E-state index contributed by atoms with van der Waals surface area (Å²) in [5.74, 6) is -0.513. The van der Waals surface area contributed by atoms with E-state index < -0.39 is 5.97 Å². The summed E-state index contributed by atoms with van der Waals surface area (Å²) >= 11 is 0. The highest BCUT2D eigenvalue weighted by molar-refractivity contribution is 5.93. The summed E-state index contributed by atoms with van der Waals surface area (Å²) in [5, 5.41) is 12.1. The van der Waals surface area contributed by atoms with Gasteiger partial charge in [-0.2, -0.15) is 0 Å². The van der Waals surface area contributed by atoms with Crippen LogP contribution in [0.25, 0.3) is 0 Å². The van der Waals surface area contributed by atoms with Crippen LogP contribution in [0.2, 0.25) is 0 Å². The number of ether oxygens (including phenoxy) is 1. The van der Waals surface area contributed by atoms with Crippen molar-refractivity contribution in [1.82, 2.24) is 4.98 Å². The topological polar surface area (TPSA) is 71.5 Å². The first-order valence-corrected chi connectivity index (χ1v) is 5.77. The number of nitrogens with zero attached hydrogens (tertiary/aromatic N) is 1. The molecule has 5 heteroatoms. The number of anilines is 1. The van der Waals surface area contributed by atoms with E-state index in [-0.39, 0.29) is 11.6 Å². The van der Waals surface area contributed by atoms with Crippen molar-refractivity contribution in [1.29, 1.82) is 0 Å². The molecule has 1 heterocycles. The Labute approximate surface area is 99.8 Å². The molecular formula is C12H16N2O3. The standard InChI is InChI=1S/C12H16N2O3/c1-2-17-9-6-8(7-9)14-11-10(12(15)16)4-3-5-13-11/h3-5,8-9H,2,6-7H2,1H3,(H,13,14)(H,15,16). The van der Waals surface area contributed by atoms with E-state index in [2.05, 4.69) is 10.3 Å². The minimum Gasteiger partial charge on any atom is -0.478 e. The molecule has 1 aliphatic carbocycles. The molecule has 5 nitrogen and oxygen atoms in total. The third-order valence-corrected chi connectivity index (χ3v) is 2.88. The van der Waals surface area contributed by atoms with Gasteiger partial charge in [-0.3, -0.25) is 0 Å². The fourth-order valence-electron chi connectivity index (χ4n) is 1.94. The second kappa shape index (κ2) is 5.14. The van der Waals surface area contributed by atoms with E-state index >= 15 is 0 Å². The van der Waals surface area contributed by atoms with Crippen LogP contribution in [-0.4, -0.2) is 34.8 Å². The van der Waals surface area contributed by atoms with Gasteiger partial charge in [0.05, 0.1) is 6.10 Å². The Hall–Kier alpha value is -1.62. The van der Waals surface area contributed by atoms with E-state index in [9.17, 15) is 4.79 Å². The van der Waals surface area contributed by atoms with Crippen molar-refractivity contribution >= 4 is 11.8 Å². The van der Waals surface area contributed by atoms with Crippen molar-refractivity contribution in [2.24, 2.45) is 0 Å². The Morgan fingerprint density at radius 2 is 2.41 bits per heavy atom. The minimum absolute atomic E-state index is 0.215. The highest BCUT2D eigenvalue weighted by Crippen LogP contribution is 2.27. The van der Waals surface area contributed by atoms with Crippen molar-refractivity contribution in [3.05, 3.63) is 23.9 Å². The maximum Gasteiger partial charge on any atom is 0.339 e. The zero-order chi connectivity index (χ0) is 12.3. The summed E-state index contributed by atoms with van der Waals surface area (Å²) in [4.78, 5) is 15.0. The first-order chi connectivity index (χ1) is 8.20. The van der Waals surface area contributed by atoms with Gasteiger partial charge in [-0.05, 0) is 31.9 Å². The molecule has 0 atom stereocenters. The Morgan fingerprint density at radius 1 is 1.65 bits per heavy atom. The Bertz CT molecular complexity index is 402. The molecule has 1 aliphatic rings. The molecule has 0 unspecified atom stereocenters. The lowest BCUT2D eigenvalue weighted by Crippen LogP contribution is -2.41. The maximum atomic E-state index is 11.0. The highest BCUT2D eigenvalue weighted by Gasteiger charge is 2.30. The quantitative estimate of drug-likeness (QED) is 0.815. The Kier molecular flexibility index (Phi) is 3.58. The number of aromatic carboxylic acids is 1. The zero-order valence-electron chi connectivity index (χ0n) is 9.72. The van der Waals surface area contributed by atoms with Crippen molar-refractivity contribution in [3.8, 4) is 0 Å². The molecule has 2 N–H and O–H groups in total. The van der Waals surface area contributed by atoms with Gasteiger partial charge in [-0.1, -0.05) is 0 Å². The molecule has 17 heavy (non-hydrogen) atoms. The summed E-state index contributed by atoms with van der Waals surface area (Å²) in [6.07, 6.45) is 3.70. The number of aromatic nitrogens is 1. The molecule has 0 radical (unpaired) electrons. The monoisotopic (exact) mass is 236 g/mol. The summed E-state index contributed by atoms with van der Waals surface area (Å²) in [5.41, 5.74) is 0.215. The van der Waals surface area contributed by atoms with Crippen LogP contribution >= 0.6 is 0 Å². The molecule has 0 bridgehead atoms. The van der Waals surface area contributed by atoms with Crippen LogP contribution in [0.15, 0.2) is 18.3 Å². The van der Waals surface area contributed by atoms with Crippen LogP contribution in [0.5, 0.6) is 0 Å². The fraction of sp³-hybridized carbons (Fsp3) is 0.500. The molecule has 0 spiro atoms. The summed E-state index contributed by atoms with van der Waals surface area (Å²) in [6.45, 7) is 2.70. The molecule has 1 fully saturated rings. The summed E-state index contributed by atoms with van der Waals surface area (Å²) < 4.78 is 5.45. The normalized spacial score (nSPS) is 22.9. The van der Waals surface area contributed by atoms with Crippen LogP contribution < -0.4 is 5.32 Å². The third kappa shape index (κ3) is 2.74. The van der Waals surface area contributed by atoms with E-state index in [1.165, 1.54) is 0 Å². The van der Waals surface area contributed by atoms with Crippen LogP contribution in [-0.2, 0) is 4.74 Å². The van der Waals surface area contributed by atoms with Gasteiger partial charge in [0, 0.05) is 18.8 Å². The second-order valence-electron chi connectivity index (χ2n) is 4.09. The number of carboxylic acid groups (broad SMARTS) is 1. The number of hydrogen-bond acceptors (Lipinski definition) is 4. The lowest BCUT2D eigenvalue weighted by Gasteiger charge is -2.35. The third-order valence-electron chi connectivity index (χ3n) is 2.88. The zero-order valence-corrected chi connectivity index (χ0v) is 9.72. The molecular weight excluding hydrogens is 220 g/mol. The van der Waals surface area contributed by atoms with Crippen LogP contribution in [0.4, 0.5) is 5.82 Å². The molecule has 2 rings (SSSR count). The summed E-state index contributed by atoms with van der Waals surface area (Å²) in [6, 6.07) is 3.44. The molecule has 0 aliphatic heterocycles. The van der Waals surface area contributed by atoms with Crippen LogP contribution in [0, 0.1) is 0 Å². The van der Waals surface area contributed by atoms with Crippen molar-refractivity contribution in [2.45, 2.75) is 31.9 Å².